The number of alkyl halides is 1. The molecule has 0 aliphatic carbocycles. The fourth-order valence-corrected chi connectivity index (χ4v) is 5.79. The van der Waals surface area contributed by atoms with Gasteiger partial charge in [-0.05, 0) is 32.9 Å². The van der Waals surface area contributed by atoms with Crippen molar-refractivity contribution < 1.29 is 32.9 Å². The molecule has 4 rings (SSSR count). The molecule has 0 spiro atoms. The van der Waals surface area contributed by atoms with E-state index in [2.05, 4.69) is 27.0 Å². The highest BCUT2D eigenvalue weighted by atomic mass is 31.2. The van der Waals surface area contributed by atoms with E-state index in [1.165, 1.54) is 31.4 Å². The summed E-state index contributed by atoms with van der Waals surface area (Å²) in [7, 11) is -3.52. The van der Waals surface area contributed by atoms with Gasteiger partial charge in [0.15, 0.2) is 12.4 Å². The molecule has 0 bridgehead atoms. The van der Waals surface area contributed by atoms with Crippen LogP contribution in [-0.4, -0.2) is 70.8 Å². The van der Waals surface area contributed by atoms with E-state index in [9.17, 15) is 14.5 Å². The lowest BCUT2D eigenvalue weighted by Gasteiger charge is -2.30. The van der Waals surface area contributed by atoms with Gasteiger partial charge in [-0.3, -0.25) is 9.36 Å². The SMILES string of the molecule is C=C1N=C(N)c2cc3ncn([C@@H]4O[C@H](COP(C)(=O)N[C@@H](C)C(=O)OC(C)C)C(C)(CO)[C@H]4F)c3cc2N1. The van der Waals surface area contributed by atoms with Gasteiger partial charge in [-0.25, -0.2) is 19.5 Å². The largest absolute Gasteiger partial charge is 0.462 e. The quantitative estimate of drug-likeness (QED) is 0.269. The maximum Gasteiger partial charge on any atom is 0.323 e. The number of benzene rings is 1. The van der Waals surface area contributed by atoms with Gasteiger partial charge in [-0.2, -0.15) is 0 Å². The topological polar surface area (TPSA) is 162 Å². The Morgan fingerprint density at radius 1 is 1.45 bits per heavy atom. The Labute approximate surface area is 219 Å². The number of ether oxygens (including phenoxy) is 2. The van der Waals surface area contributed by atoms with Crippen LogP contribution in [0, 0.1) is 5.41 Å². The van der Waals surface area contributed by atoms with Crippen molar-refractivity contribution in [2.75, 3.05) is 25.2 Å². The number of hydrogen-bond donors (Lipinski definition) is 4. The number of halogens is 1. The van der Waals surface area contributed by atoms with Crippen LogP contribution in [0.25, 0.3) is 11.0 Å². The number of aliphatic hydroxyl groups is 1. The number of aromatic nitrogens is 2. The molecule has 2 unspecified atom stereocenters. The maximum atomic E-state index is 15.9. The van der Waals surface area contributed by atoms with Crippen LogP contribution >= 0.6 is 7.52 Å². The van der Waals surface area contributed by atoms with E-state index in [0.29, 0.717) is 28.1 Å². The molecule has 6 atom stereocenters. The predicted molar refractivity (Wildman–Crippen MR) is 141 cm³/mol. The molecule has 2 aliphatic rings. The van der Waals surface area contributed by atoms with Crippen LogP contribution < -0.4 is 16.1 Å². The first-order valence-electron chi connectivity index (χ1n) is 12.2. The zero-order valence-electron chi connectivity index (χ0n) is 22.0. The third-order valence-corrected chi connectivity index (χ3v) is 8.16. The number of nitrogens with zero attached hydrogens (tertiary/aromatic N) is 3. The van der Waals surface area contributed by atoms with Gasteiger partial charge in [0.1, 0.15) is 17.7 Å². The Hall–Kier alpha value is -2.83. The maximum absolute atomic E-state index is 15.9. The number of rotatable bonds is 9. The van der Waals surface area contributed by atoms with Crippen LogP contribution in [0.4, 0.5) is 10.1 Å². The standard InChI is InChI=1S/C24H34FN6O6P/c1-12(2)36-23(33)13(3)30-38(6,34)35-9-19-24(5,10-32)20(25)22(37-19)31-11-27-17-7-15-16(8-18(17)31)28-14(4)29-21(15)26/h7-8,11-13,19-20,22,28,32H,4,9-10H2,1-3,5-6H3,(H2,26,29)(H,30,34)/t13-,19+,20-,22+,24?,38?/m0/s1. The summed E-state index contributed by atoms with van der Waals surface area (Å²) in [6.45, 7) is 10.7. The van der Waals surface area contributed by atoms with Crippen molar-refractivity contribution in [3.05, 3.63) is 36.4 Å². The number of fused-ring (bicyclic) bond motifs is 2. The minimum absolute atomic E-state index is 0.287. The predicted octanol–water partition coefficient (Wildman–Crippen LogP) is 2.64. The number of imidazole rings is 1. The summed E-state index contributed by atoms with van der Waals surface area (Å²) in [5.41, 5.74) is 7.03. The molecular formula is C24H34FN6O6P. The molecule has 208 valence electrons. The minimum atomic E-state index is -3.52. The van der Waals surface area contributed by atoms with Gasteiger partial charge in [-0.1, -0.05) is 13.5 Å². The zero-order valence-corrected chi connectivity index (χ0v) is 22.9. The highest BCUT2D eigenvalue weighted by Gasteiger charge is 2.55. The molecule has 2 aromatic rings. The van der Waals surface area contributed by atoms with Crippen LogP contribution in [0.15, 0.2) is 35.9 Å². The molecule has 0 amide bonds. The summed E-state index contributed by atoms with van der Waals surface area (Å²) in [5, 5.41) is 15.8. The monoisotopic (exact) mass is 552 g/mol. The smallest absolute Gasteiger partial charge is 0.323 e. The van der Waals surface area contributed by atoms with Gasteiger partial charge in [0.2, 0.25) is 0 Å². The van der Waals surface area contributed by atoms with Gasteiger partial charge in [-0.15, -0.1) is 0 Å². The van der Waals surface area contributed by atoms with E-state index < -0.39 is 50.1 Å². The van der Waals surface area contributed by atoms with Gasteiger partial charge in [0, 0.05) is 12.2 Å². The van der Waals surface area contributed by atoms with Crippen LogP contribution in [0.1, 0.15) is 39.5 Å². The second kappa shape index (κ2) is 10.4. The van der Waals surface area contributed by atoms with Crippen molar-refractivity contribution in [3.8, 4) is 0 Å². The van der Waals surface area contributed by atoms with E-state index in [4.69, 9.17) is 19.7 Å². The normalized spacial score (nSPS) is 27.5. The van der Waals surface area contributed by atoms with E-state index in [1.54, 1.807) is 26.0 Å². The molecule has 0 radical (unpaired) electrons. The lowest BCUT2D eigenvalue weighted by molar-refractivity contribution is -0.149. The Balaban J connectivity index is 1.54. The van der Waals surface area contributed by atoms with Gasteiger partial charge < -0.3 is 34.7 Å². The molecule has 0 saturated carbocycles. The van der Waals surface area contributed by atoms with Gasteiger partial charge in [0.25, 0.3) is 7.52 Å². The molecule has 3 heterocycles. The summed E-state index contributed by atoms with van der Waals surface area (Å²) < 4.78 is 47.2. The number of aliphatic hydroxyl groups excluding tert-OH is 1. The molecule has 1 fully saturated rings. The summed E-state index contributed by atoms with van der Waals surface area (Å²) in [6, 6.07) is 2.59. The second-order valence-electron chi connectivity index (χ2n) is 10.2. The van der Waals surface area contributed by atoms with Crippen molar-refractivity contribution in [3.63, 3.8) is 0 Å². The zero-order chi connectivity index (χ0) is 28.0. The molecule has 5 N–H and O–H groups in total. The number of aliphatic imine (C=N–C) groups is 1. The molecule has 1 saturated heterocycles. The first-order valence-corrected chi connectivity index (χ1v) is 14.2. The number of nitrogens with one attached hydrogen (secondary N) is 2. The third kappa shape index (κ3) is 5.34. The molecular weight excluding hydrogens is 518 g/mol. The first kappa shape index (κ1) is 28.2. The Morgan fingerprint density at radius 3 is 2.82 bits per heavy atom. The molecule has 38 heavy (non-hydrogen) atoms. The van der Waals surface area contributed by atoms with Crippen molar-refractivity contribution in [2.24, 2.45) is 16.1 Å². The number of esters is 1. The van der Waals surface area contributed by atoms with Crippen molar-refractivity contribution in [1.29, 1.82) is 0 Å². The number of carbonyl (C=O) groups is 1. The van der Waals surface area contributed by atoms with Crippen LogP contribution in [-0.2, 0) is 23.4 Å². The van der Waals surface area contributed by atoms with E-state index in [-0.39, 0.29) is 18.5 Å². The Morgan fingerprint density at radius 2 is 2.16 bits per heavy atom. The van der Waals surface area contributed by atoms with Crippen LogP contribution in [0.5, 0.6) is 0 Å². The lowest BCUT2D eigenvalue weighted by Crippen LogP contribution is -2.41. The lowest BCUT2D eigenvalue weighted by atomic mass is 9.82. The van der Waals surface area contributed by atoms with Crippen molar-refractivity contribution >= 4 is 36.0 Å². The fourth-order valence-electron chi connectivity index (χ4n) is 4.49. The van der Waals surface area contributed by atoms with Crippen molar-refractivity contribution in [2.45, 2.75) is 58.3 Å². The summed E-state index contributed by atoms with van der Waals surface area (Å²) >= 11 is 0. The molecule has 2 aliphatic heterocycles. The average Bonchev–Trinajstić information content (AvgIpc) is 3.34. The fraction of sp³-hybridized carbons (Fsp3) is 0.542. The molecule has 14 heteroatoms. The van der Waals surface area contributed by atoms with Crippen LogP contribution in [0.3, 0.4) is 0 Å². The number of nitrogens with two attached hydrogens (primary N) is 1. The van der Waals surface area contributed by atoms with Gasteiger partial charge >= 0.3 is 5.97 Å². The van der Waals surface area contributed by atoms with Crippen LogP contribution in [0.2, 0.25) is 0 Å². The Kier molecular flexibility index (Phi) is 7.70. The average molecular weight is 553 g/mol. The summed E-state index contributed by atoms with van der Waals surface area (Å²) in [6.07, 6.45) is -2.65. The Bertz CT molecular complexity index is 1330. The summed E-state index contributed by atoms with van der Waals surface area (Å²) in [5.74, 6) is 0.0812. The van der Waals surface area contributed by atoms with Gasteiger partial charge in [0.05, 0.1) is 53.9 Å². The second-order valence-corrected chi connectivity index (χ2v) is 12.4. The minimum Gasteiger partial charge on any atom is -0.462 e. The highest BCUT2D eigenvalue weighted by molar-refractivity contribution is 7.56. The number of hydrogen-bond acceptors (Lipinski definition) is 10. The first-order chi connectivity index (χ1) is 17.8. The van der Waals surface area contributed by atoms with E-state index in [0.717, 1.165) is 0 Å². The van der Waals surface area contributed by atoms with E-state index in [1.807, 2.05) is 0 Å². The highest BCUT2D eigenvalue weighted by Crippen LogP contribution is 2.48. The van der Waals surface area contributed by atoms with E-state index >= 15 is 4.39 Å². The molecule has 12 nitrogen and oxygen atoms in total. The molecule has 1 aromatic carbocycles. The van der Waals surface area contributed by atoms with Crippen molar-refractivity contribution in [1.82, 2.24) is 14.6 Å². The number of amidine groups is 1. The number of carbonyl (C=O) groups excluding carboxylic acids is 1. The third-order valence-electron chi connectivity index (χ3n) is 6.66. The molecule has 1 aromatic heterocycles. The summed E-state index contributed by atoms with van der Waals surface area (Å²) in [4.78, 5) is 20.6. The number of anilines is 1.